The van der Waals surface area contributed by atoms with E-state index in [4.69, 9.17) is 9.47 Å². The Hall–Kier alpha value is -1.13. The Morgan fingerprint density at radius 3 is 3.06 bits per heavy atom. The Bertz CT molecular complexity index is 286. The van der Waals surface area contributed by atoms with Gasteiger partial charge in [0.15, 0.2) is 0 Å². The Balaban J connectivity index is 1.58. The number of ether oxygens (including phenoxy) is 2. The van der Waals surface area contributed by atoms with Crippen LogP contribution in [0.3, 0.4) is 0 Å². The van der Waals surface area contributed by atoms with Crippen molar-refractivity contribution in [2.75, 3.05) is 39.5 Å². The highest BCUT2D eigenvalue weighted by Crippen LogP contribution is 2.06. The van der Waals surface area contributed by atoms with E-state index in [1.807, 2.05) is 6.07 Å². The zero-order chi connectivity index (χ0) is 11.1. The molecule has 1 aliphatic rings. The van der Waals surface area contributed by atoms with Crippen LogP contribution in [0.5, 0.6) is 5.75 Å². The van der Waals surface area contributed by atoms with Gasteiger partial charge >= 0.3 is 0 Å². The quantitative estimate of drug-likeness (QED) is 0.694. The molecule has 2 heterocycles. The summed E-state index contributed by atoms with van der Waals surface area (Å²) in [6.45, 7) is 5.61. The van der Waals surface area contributed by atoms with Gasteiger partial charge in [-0.15, -0.1) is 0 Å². The van der Waals surface area contributed by atoms with Gasteiger partial charge in [0.1, 0.15) is 5.75 Å². The van der Waals surface area contributed by atoms with Crippen LogP contribution in [0.4, 0.5) is 0 Å². The molecule has 1 aromatic rings. The molecule has 1 fully saturated rings. The number of nitrogens with zero attached hydrogens (tertiary/aromatic N) is 2. The molecule has 0 unspecified atom stereocenters. The lowest BCUT2D eigenvalue weighted by Crippen LogP contribution is -2.37. The molecule has 0 N–H and O–H groups in total. The third-order valence-corrected chi connectivity index (χ3v) is 2.57. The summed E-state index contributed by atoms with van der Waals surface area (Å²) in [6, 6.07) is 4.70. The van der Waals surface area contributed by atoms with Crippen molar-refractivity contribution >= 4 is 0 Å². The topological polar surface area (TPSA) is 34.6 Å². The van der Waals surface area contributed by atoms with Crippen LogP contribution in [0, 0.1) is 6.07 Å². The molecule has 0 amide bonds. The van der Waals surface area contributed by atoms with E-state index in [1.165, 1.54) is 0 Å². The minimum absolute atomic E-state index is 0.733. The van der Waals surface area contributed by atoms with E-state index in [0.717, 1.165) is 51.6 Å². The second-order valence-electron chi connectivity index (χ2n) is 3.78. The molecule has 0 aliphatic carbocycles. The van der Waals surface area contributed by atoms with Gasteiger partial charge in [-0.25, -0.2) is 0 Å². The summed E-state index contributed by atoms with van der Waals surface area (Å²) in [5.41, 5.74) is 0. The normalized spacial score (nSPS) is 17.2. The molecule has 1 aliphatic heterocycles. The van der Waals surface area contributed by atoms with Crippen molar-refractivity contribution in [2.24, 2.45) is 0 Å². The fourth-order valence-electron chi connectivity index (χ4n) is 1.69. The van der Waals surface area contributed by atoms with Crippen LogP contribution >= 0.6 is 0 Å². The van der Waals surface area contributed by atoms with Crippen molar-refractivity contribution in [3.63, 3.8) is 0 Å². The fraction of sp³-hybridized carbons (Fsp3) is 0.583. The maximum absolute atomic E-state index is 5.55. The van der Waals surface area contributed by atoms with Crippen LogP contribution < -0.4 is 4.74 Å². The van der Waals surface area contributed by atoms with E-state index in [0.29, 0.717) is 0 Å². The van der Waals surface area contributed by atoms with Gasteiger partial charge in [0.05, 0.1) is 26.0 Å². The predicted molar refractivity (Wildman–Crippen MR) is 60.4 cm³/mol. The van der Waals surface area contributed by atoms with Gasteiger partial charge in [0.2, 0.25) is 0 Å². The van der Waals surface area contributed by atoms with Crippen molar-refractivity contribution in [3.8, 4) is 5.75 Å². The van der Waals surface area contributed by atoms with E-state index < -0.39 is 0 Å². The lowest BCUT2D eigenvalue weighted by molar-refractivity contribution is 0.0358. The van der Waals surface area contributed by atoms with E-state index in [2.05, 4.69) is 16.0 Å². The molecule has 0 saturated carbocycles. The summed E-state index contributed by atoms with van der Waals surface area (Å²) in [6.07, 6.45) is 4.38. The lowest BCUT2D eigenvalue weighted by Gasteiger charge is -2.26. The second-order valence-corrected chi connectivity index (χ2v) is 3.78. The summed E-state index contributed by atoms with van der Waals surface area (Å²) in [5, 5.41) is 0. The van der Waals surface area contributed by atoms with Gasteiger partial charge in [0.25, 0.3) is 0 Å². The van der Waals surface area contributed by atoms with Crippen molar-refractivity contribution in [2.45, 2.75) is 6.42 Å². The number of hydrogen-bond acceptors (Lipinski definition) is 4. The maximum Gasteiger partial charge on any atom is 0.138 e. The van der Waals surface area contributed by atoms with E-state index in [1.54, 1.807) is 12.4 Å². The molecule has 2 rings (SSSR count). The first kappa shape index (κ1) is 11.4. The Labute approximate surface area is 96.2 Å². The maximum atomic E-state index is 5.55. The summed E-state index contributed by atoms with van der Waals surface area (Å²) in [7, 11) is 0. The van der Waals surface area contributed by atoms with Crippen molar-refractivity contribution < 1.29 is 9.47 Å². The first-order valence-electron chi connectivity index (χ1n) is 5.69. The molecule has 4 heteroatoms. The molecule has 1 aromatic heterocycles. The molecule has 4 nitrogen and oxygen atoms in total. The highest BCUT2D eigenvalue weighted by molar-refractivity contribution is 5.14. The first-order valence-corrected chi connectivity index (χ1v) is 5.69. The first-order chi connectivity index (χ1) is 7.95. The zero-order valence-electron chi connectivity index (χ0n) is 9.39. The van der Waals surface area contributed by atoms with Crippen LogP contribution in [-0.2, 0) is 4.74 Å². The number of rotatable bonds is 5. The minimum Gasteiger partial charge on any atom is -0.492 e. The van der Waals surface area contributed by atoms with Crippen LogP contribution in [0.1, 0.15) is 6.42 Å². The van der Waals surface area contributed by atoms with Crippen LogP contribution in [-0.4, -0.2) is 49.3 Å². The second kappa shape index (κ2) is 6.45. The van der Waals surface area contributed by atoms with Crippen LogP contribution in [0.2, 0.25) is 0 Å². The minimum atomic E-state index is 0.733. The molecule has 0 atom stereocenters. The van der Waals surface area contributed by atoms with Gasteiger partial charge < -0.3 is 9.47 Å². The largest absolute Gasteiger partial charge is 0.492 e. The molecule has 1 saturated heterocycles. The summed E-state index contributed by atoms with van der Waals surface area (Å²) in [5.74, 6) is 0.796. The van der Waals surface area contributed by atoms with E-state index in [-0.39, 0.29) is 0 Å². The van der Waals surface area contributed by atoms with E-state index >= 15 is 0 Å². The number of aromatic nitrogens is 1. The molecule has 87 valence electrons. The van der Waals surface area contributed by atoms with Gasteiger partial charge in [-0.2, -0.15) is 0 Å². The molecule has 1 radical (unpaired) electrons. The fourth-order valence-corrected chi connectivity index (χ4v) is 1.69. The summed E-state index contributed by atoms with van der Waals surface area (Å²) < 4.78 is 10.8. The average molecular weight is 221 g/mol. The van der Waals surface area contributed by atoms with Gasteiger partial charge in [-0.1, -0.05) is 0 Å². The monoisotopic (exact) mass is 221 g/mol. The Morgan fingerprint density at radius 1 is 1.44 bits per heavy atom. The summed E-state index contributed by atoms with van der Waals surface area (Å²) in [4.78, 5) is 6.35. The third kappa shape index (κ3) is 3.79. The van der Waals surface area contributed by atoms with E-state index in [9.17, 15) is 0 Å². The van der Waals surface area contributed by atoms with Crippen molar-refractivity contribution in [1.29, 1.82) is 0 Å². The SMILES string of the molecule is [c]1cncc(OCCCN2CCOCC2)c1. The smallest absolute Gasteiger partial charge is 0.138 e. The van der Waals surface area contributed by atoms with Crippen molar-refractivity contribution in [3.05, 3.63) is 24.5 Å². The third-order valence-electron chi connectivity index (χ3n) is 2.57. The molecule has 16 heavy (non-hydrogen) atoms. The predicted octanol–water partition coefficient (Wildman–Crippen LogP) is 0.983. The van der Waals surface area contributed by atoms with Gasteiger partial charge in [-0.3, -0.25) is 9.88 Å². The van der Waals surface area contributed by atoms with Gasteiger partial charge in [-0.05, 0) is 12.5 Å². The number of hydrogen-bond donors (Lipinski definition) is 0. The highest BCUT2D eigenvalue weighted by atomic mass is 16.5. The van der Waals surface area contributed by atoms with Crippen LogP contribution in [0.25, 0.3) is 0 Å². The Morgan fingerprint density at radius 2 is 2.31 bits per heavy atom. The molecule has 0 spiro atoms. The number of pyridine rings is 1. The van der Waals surface area contributed by atoms with Crippen LogP contribution in [0.15, 0.2) is 18.5 Å². The standard InChI is InChI=1S/C12H17N2O2/c1-3-12(11-13-4-1)16-8-2-5-14-6-9-15-10-7-14/h3-4,11H,2,5-10H2. The lowest BCUT2D eigenvalue weighted by atomic mass is 10.3. The molecule has 0 bridgehead atoms. The highest BCUT2D eigenvalue weighted by Gasteiger charge is 2.09. The molecular formula is C12H17N2O2. The van der Waals surface area contributed by atoms with Crippen molar-refractivity contribution in [1.82, 2.24) is 9.88 Å². The Kier molecular flexibility index (Phi) is 4.58. The zero-order valence-corrected chi connectivity index (χ0v) is 9.39. The molecule has 0 aromatic carbocycles. The molecular weight excluding hydrogens is 204 g/mol. The number of morpholine rings is 1. The summed E-state index contributed by atoms with van der Waals surface area (Å²) >= 11 is 0. The van der Waals surface area contributed by atoms with Gasteiger partial charge in [0, 0.05) is 31.9 Å². The average Bonchev–Trinajstić information content (AvgIpc) is 2.37.